The van der Waals surface area contributed by atoms with Crippen LogP contribution in [0.1, 0.15) is 18.7 Å². The van der Waals surface area contributed by atoms with Gasteiger partial charge in [-0.25, -0.2) is 4.98 Å². The Labute approximate surface area is 147 Å². The van der Waals surface area contributed by atoms with Gasteiger partial charge in [-0.2, -0.15) is 0 Å². The summed E-state index contributed by atoms with van der Waals surface area (Å²) in [6.45, 7) is 5.20. The van der Waals surface area contributed by atoms with E-state index in [0.29, 0.717) is 12.0 Å². The fraction of sp³-hybridized carbons (Fsp3) is 0.474. The largest absolute Gasteiger partial charge is 0.437 e. The zero-order chi connectivity index (χ0) is 17.1. The van der Waals surface area contributed by atoms with Gasteiger partial charge in [0.25, 0.3) is 0 Å². The number of piperazine rings is 1. The smallest absolute Gasteiger partial charge is 0.246 e. The van der Waals surface area contributed by atoms with Gasteiger partial charge in [-0.1, -0.05) is 12.1 Å². The van der Waals surface area contributed by atoms with E-state index in [4.69, 9.17) is 9.15 Å². The van der Waals surface area contributed by atoms with Crippen LogP contribution in [0.25, 0.3) is 17.2 Å². The summed E-state index contributed by atoms with van der Waals surface area (Å²) in [6.07, 6.45) is 5.92. The Hall–Kier alpha value is -2.18. The van der Waals surface area contributed by atoms with E-state index >= 15 is 0 Å². The standard InChI is InChI=1S/C19H23N3O3/c23-19(8-7-18-20-16-5-1-2-6-17(16)25-18)22-11-9-21(10-12-22)14-15-4-3-13-24-15/h1-2,5-8,15H,3-4,9-14H2/b8-7+. The number of hydrogen-bond donors (Lipinski definition) is 0. The lowest BCUT2D eigenvalue weighted by molar-refractivity contribution is -0.127. The third-order valence-electron chi connectivity index (χ3n) is 4.85. The van der Waals surface area contributed by atoms with Crippen LogP contribution in [-0.4, -0.2) is 66.1 Å². The number of ether oxygens (including phenoxy) is 1. The topological polar surface area (TPSA) is 58.8 Å². The summed E-state index contributed by atoms with van der Waals surface area (Å²) in [7, 11) is 0. The Kier molecular flexibility index (Phi) is 4.81. The maximum Gasteiger partial charge on any atom is 0.246 e. The highest BCUT2D eigenvalue weighted by Gasteiger charge is 2.24. The molecule has 3 heterocycles. The number of carbonyl (C=O) groups is 1. The van der Waals surface area contributed by atoms with Crippen LogP contribution < -0.4 is 0 Å². The molecule has 132 valence electrons. The molecule has 2 aliphatic rings. The Morgan fingerprint density at radius 2 is 2.08 bits per heavy atom. The first-order valence-corrected chi connectivity index (χ1v) is 8.94. The second kappa shape index (κ2) is 7.37. The van der Waals surface area contributed by atoms with E-state index < -0.39 is 0 Å². The van der Waals surface area contributed by atoms with Crippen LogP contribution >= 0.6 is 0 Å². The summed E-state index contributed by atoms with van der Waals surface area (Å²) in [5.41, 5.74) is 1.54. The molecule has 1 aromatic carbocycles. The normalized spacial score (nSPS) is 22.2. The number of fused-ring (bicyclic) bond motifs is 1. The van der Waals surface area contributed by atoms with E-state index in [-0.39, 0.29) is 5.91 Å². The minimum absolute atomic E-state index is 0.0130. The molecule has 0 N–H and O–H groups in total. The van der Waals surface area contributed by atoms with Crippen molar-refractivity contribution in [2.75, 3.05) is 39.3 Å². The first kappa shape index (κ1) is 16.3. The number of aromatic nitrogens is 1. The van der Waals surface area contributed by atoms with Crippen molar-refractivity contribution in [3.8, 4) is 0 Å². The molecule has 25 heavy (non-hydrogen) atoms. The molecular weight excluding hydrogens is 318 g/mol. The molecule has 6 nitrogen and oxygen atoms in total. The van der Waals surface area contributed by atoms with Crippen LogP contribution in [0.15, 0.2) is 34.8 Å². The highest BCUT2D eigenvalue weighted by Crippen LogP contribution is 2.16. The van der Waals surface area contributed by atoms with E-state index in [1.165, 1.54) is 6.42 Å². The van der Waals surface area contributed by atoms with Gasteiger partial charge in [0.05, 0.1) is 6.10 Å². The minimum atomic E-state index is 0.0130. The molecule has 2 aromatic rings. The minimum Gasteiger partial charge on any atom is -0.437 e. The summed E-state index contributed by atoms with van der Waals surface area (Å²) in [5, 5.41) is 0. The number of nitrogens with zero attached hydrogens (tertiary/aromatic N) is 3. The predicted molar refractivity (Wildman–Crippen MR) is 95.0 cm³/mol. The molecule has 6 heteroatoms. The predicted octanol–water partition coefficient (Wildman–Crippen LogP) is 2.16. The highest BCUT2D eigenvalue weighted by molar-refractivity contribution is 5.91. The molecule has 0 radical (unpaired) electrons. The van der Waals surface area contributed by atoms with Gasteiger partial charge in [0.15, 0.2) is 5.58 Å². The number of benzene rings is 1. The van der Waals surface area contributed by atoms with Crippen molar-refractivity contribution >= 4 is 23.1 Å². The summed E-state index contributed by atoms with van der Waals surface area (Å²) >= 11 is 0. The molecule has 0 spiro atoms. The quantitative estimate of drug-likeness (QED) is 0.798. The lowest BCUT2D eigenvalue weighted by atomic mass is 10.2. The molecule has 1 unspecified atom stereocenters. The van der Waals surface area contributed by atoms with Gasteiger partial charge < -0.3 is 14.1 Å². The maximum atomic E-state index is 12.4. The van der Waals surface area contributed by atoms with E-state index in [1.54, 1.807) is 12.2 Å². The van der Waals surface area contributed by atoms with Crippen LogP contribution in [0, 0.1) is 0 Å². The molecular formula is C19H23N3O3. The molecule has 2 aliphatic heterocycles. The zero-order valence-corrected chi connectivity index (χ0v) is 14.3. The van der Waals surface area contributed by atoms with Crippen molar-refractivity contribution in [1.82, 2.24) is 14.8 Å². The molecule has 1 atom stereocenters. The first-order chi connectivity index (χ1) is 12.3. The van der Waals surface area contributed by atoms with Gasteiger partial charge in [-0.05, 0) is 25.0 Å². The fourth-order valence-corrected chi connectivity index (χ4v) is 3.44. The molecule has 4 rings (SSSR count). The Balaban J connectivity index is 1.29. The molecule has 1 amide bonds. The monoisotopic (exact) mass is 341 g/mol. The fourth-order valence-electron chi connectivity index (χ4n) is 3.44. The van der Waals surface area contributed by atoms with Crippen molar-refractivity contribution in [2.24, 2.45) is 0 Å². The third kappa shape index (κ3) is 3.91. The van der Waals surface area contributed by atoms with Crippen LogP contribution in [-0.2, 0) is 9.53 Å². The SMILES string of the molecule is O=C(/C=C/c1nc2ccccc2o1)N1CCN(CC2CCCO2)CC1. The average molecular weight is 341 g/mol. The molecule has 1 aromatic heterocycles. The van der Waals surface area contributed by atoms with Gasteiger partial charge in [0.1, 0.15) is 5.52 Å². The Bertz CT molecular complexity index is 723. The number of amides is 1. The van der Waals surface area contributed by atoms with Gasteiger partial charge >= 0.3 is 0 Å². The summed E-state index contributed by atoms with van der Waals surface area (Å²) in [5.74, 6) is 0.477. The Morgan fingerprint density at radius 1 is 1.24 bits per heavy atom. The second-order valence-electron chi connectivity index (χ2n) is 6.61. The molecule has 0 aliphatic carbocycles. The van der Waals surface area contributed by atoms with Crippen LogP contribution in [0.4, 0.5) is 0 Å². The summed E-state index contributed by atoms with van der Waals surface area (Å²) < 4.78 is 11.3. The van der Waals surface area contributed by atoms with E-state index in [0.717, 1.165) is 56.9 Å². The lowest BCUT2D eigenvalue weighted by Gasteiger charge is -2.35. The third-order valence-corrected chi connectivity index (χ3v) is 4.85. The maximum absolute atomic E-state index is 12.4. The number of para-hydroxylation sites is 2. The number of oxazole rings is 1. The van der Waals surface area contributed by atoms with Gasteiger partial charge in [0.2, 0.25) is 11.8 Å². The first-order valence-electron chi connectivity index (χ1n) is 8.94. The van der Waals surface area contributed by atoms with Gasteiger partial charge in [-0.15, -0.1) is 0 Å². The molecule has 0 saturated carbocycles. The number of carbonyl (C=O) groups excluding carboxylic acids is 1. The van der Waals surface area contributed by atoms with E-state index in [2.05, 4.69) is 9.88 Å². The zero-order valence-electron chi connectivity index (χ0n) is 14.3. The average Bonchev–Trinajstić information content (AvgIpc) is 3.29. The Morgan fingerprint density at radius 3 is 2.84 bits per heavy atom. The molecule has 2 saturated heterocycles. The summed E-state index contributed by atoms with van der Waals surface area (Å²) in [4.78, 5) is 21.0. The van der Waals surface area contributed by atoms with Crippen molar-refractivity contribution < 1.29 is 13.9 Å². The van der Waals surface area contributed by atoms with E-state index in [1.807, 2.05) is 29.2 Å². The van der Waals surface area contributed by atoms with Crippen molar-refractivity contribution in [3.63, 3.8) is 0 Å². The second-order valence-corrected chi connectivity index (χ2v) is 6.61. The van der Waals surface area contributed by atoms with Crippen molar-refractivity contribution in [2.45, 2.75) is 18.9 Å². The van der Waals surface area contributed by atoms with Crippen molar-refractivity contribution in [1.29, 1.82) is 0 Å². The van der Waals surface area contributed by atoms with Crippen LogP contribution in [0.2, 0.25) is 0 Å². The van der Waals surface area contributed by atoms with E-state index in [9.17, 15) is 4.79 Å². The number of rotatable bonds is 4. The lowest BCUT2D eigenvalue weighted by Crippen LogP contribution is -2.50. The molecule has 2 fully saturated rings. The van der Waals surface area contributed by atoms with Crippen LogP contribution in [0.3, 0.4) is 0 Å². The number of hydrogen-bond acceptors (Lipinski definition) is 5. The van der Waals surface area contributed by atoms with Crippen LogP contribution in [0.5, 0.6) is 0 Å². The summed E-state index contributed by atoms with van der Waals surface area (Å²) in [6, 6.07) is 7.59. The van der Waals surface area contributed by atoms with Gasteiger partial charge in [-0.3, -0.25) is 9.69 Å². The van der Waals surface area contributed by atoms with Gasteiger partial charge in [0, 0.05) is 51.5 Å². The van der Waals surface area contributed by atoms with Crippen molar-refractivity contribution in [3.05, 3.63) is 36.2 Å². The molecule has 0 bridgehead atoms. The highest BCUT2D eigenvalue weighted by atomic mass is 16.5.